The molecule has 0 radical (unpaired) electrons. The number of nitrogens with one attached hydrogen (secondary N) is 1. The molecule has 0 unspecified atom stereocenters. The van der Waals surface area contributed by atoms with Gasteiger partial charge in [-0.15, -0.1) is 0 Å². The van der Waals surface area contributed by atoms with Crippen LogP contribution in [-0.2, 0) is 22.6 Å². The van der Waals surface area contributed by atoms with Crippen molar-refractivity contribution in [3.63, 3.8) is 0 Å². The standard InChI is InChI=1S/C24H32N2O2/c1-6-22(24(28)25-7-2)26(16-21-10-8-9-17(3)13-21)23(27)15-20-12-11-18(4)19(5)14-20/h8-14,22H,6-7,15-16H2,1-5H3,(H,25,28)/t22-/m1/s1. The fourth-order valence-corrected chi connectivity index (χ4v) is 3.41. The number of carbonyl (C=O) groups excluding carboxylic acids is 2. The molecule has 1 N–H and O–H groups in total. The Kier molecular flexibility index (Phi) is 7.80. The molecule has 0 fully saturated rings. The molecule has 150 valence electrons. The first kappa shape index (κ1) is 21.7. The van der Waals surface area contributed by atoms with Gasteiger partial charge in [-0.05, 0) is 56.4 Å². The van der Waals surface area contributed by atoms with Gasteiger partial charge in [0.25, 0.3) is 0 Å². The van der Waals surface area contributed by atoms with Gasteiger partial charge in [-0.1, -0.05) is 55.0 Å². The molecule has 4 nitrogen and oxygen atoms in total. The highest BCUT2D eigenvalue weighted by Gasteiger charge is 2.28. The van der Waals surface area contributed by atoms with E-state index in [1.165, 1.54) is 11.1 Å². The van der Waals surface area contributed by atoms with Gasteiger partial charge in [0.15, 0.2) is 0 Å². The van der Waals surface area contributed by atoms with Crippen LogP contribution in [0.25, 0.3) is 0 Å². The van der Waals surface area contributed by atoms with E-state index < -0.39 is 6.04 Å². The second-order valence-corrected chi connectivity index (χ2v) is 7.42. The third-order valence-corrected chi connectivity index (χ3v) is 5.10. The lowest BCUT2D eigenvalue weighted by molar-refractivity contribution is -0.140. The quantitative estimate of drug-likeness (QED) is 0.750. The first-order chi connectivity index (χ1) is 13.3. The van der Waals surface area contributed by atoms with Crippen LogP contribution in [-0.4, -0.2) is 29.3 Å². The van der Waals surface area contributed by atoms with Crippen molar-refractivity contribution in [3.05, 3.63) is 70.3 Å². The third-order valence-electron chi connectivity index (χ3n) is 5.10. The average molecular weight is 381 g/mol. The summed E-state index contributed by atoms with van der Waals surface area (Å²) < 4.78 is 0. The predicted molar refractivity (Wildman–Crippen MR) is 114 cm³/mol. The second kappa shape index (κ2) is 10.1. The summed E-state index contributed by atoms with van der Waals surface area (Å²) in [4.78, 5) is 27.6. The highest BCUT2D eigenvalue weighted by Crippen LogP contribution is 2.17. The Bertz CT molecular complexity index is 829. The molecule has 2 rings (SSSR count). The molecule has 0 saturated heterocycles. The van der Waals surface area contributed by atoms with Gasteiger partial charge < -0.3 is 10.2 Å². The van der Waals surface area contributed by atoms with Crippen LogP contribution in [0.2, 0.25) is 0 Å². The highest BCUT2D eigenvalue weighted by atomic mass is 16.2. The molecule has 1 atom stereocenters. The molecule has 0 saturated carbocycles. The Balaban J connectivity index is 2.30. The molecule has 2 amide bonds. The minimum atomic E-state index is -0.473. The molecule has 0 aliphatic heterocycles. The SMILES string of the molecule is CCNC(=O)[C@@H](CC)N(Cc1cccc(C)c1)C(=O)Cc1ccc(C)c(C)c1. The van der Waals surface area contributed by atoms with Gasteiger partial charge in [0.05, 0.1) is 6.42 Å². The topological polar surface area (TPSA) is 49.4 Å². The molecule has 0 aromatic heterocycles. The maximum atomic E-state index is 13.3. The lowest BCUT2D eigenvalue weighted by Gasteiger charge is -2.31. The van der Waals surface area contributed by atoms with E-state index in [0.29, 0.717) is 25.9 Å². The van der Waals surface area contributed by atoms with Crippen LogP contribution >= 0.6 is 0 Å². The fraction of sp³-hybridized carbons (Fsp3) is 0.417. The van der Waals surface area contributed by atoms with Crippen LogP contribution in [0.15, 0.2) is 42.5 Å². The highest BCUT2D eigenvalue weighted by molar-refractivity contribution is 5.88. The van der Waals surface area contributed by atoms with Crippen molar-refractivity contribution in [2.45, 2.75) is 60.0 Å². The lowest BCUT2D eigenvalue weighted by Crippen LogP contribution is -2.49. The molecule has 2 aromatic rings. The summed E-state index contributed by atoms with van der Waals surface area (Å²) in [6.07, 6.45) is 0.874. The van der Waals surface area contributed by atoms with Crippen LogP contribution in [0.3, 0.4) is 0 Å². The molecular weight excluding hydrogens is 348 g/mol. The average Bonchev–Trinajstić information content (AvgIpc) is 2.65. The summed E-state index contributed by atoms with van der Waals surface area (Å²) in [7, 11) is 0. The molecule has 0 aliphatic rings. The van der Waals surface area contributed by atoms with E-state index in [0.717, 1.165) is 16.7 Å². The molecule has 0 spiro atoms. The van der Waals surface area contributed by atoms with Crippen molar-refractivity contribution in [2.24, 2.45) is 0 Å². The smallest absolute Gasteiger partial charge is 0.242 e. The van der Waals surface area contributed by atoms with Crippen molar-refractivity contribution < 1.29 is 9.59 Å². The number of hydrogen-bond donors (Lipinski definition) is 1. The first-order valence-electron chi connectivity index (χ1n) is 10.0. The Morgan fingerprint density at radius 3 is 2.32 bits per heavy atom. The van der Waals surface area contributed by atoms with E-state index in [1.807, 2.05) is 51.1 Å². The number of hydrogen-bond acceptors (Lipinski definition) is 2. The van der Waals surface area contributed by atoms with Crippen molar-refractivity contribution in [1.29, 1.82) is 0 Å². The van der Waals surface area contributed by atoms with Gasteiger partial charge in [-0.25, -0.2) is 0 Å². The number of nitrogens with zero attached hydrogens (tertiary/aromatic N) is 1. The lowest BCUT2D eigenvalue weighted by atomic mass is 10.0. The van der Waals surface area contributed by atoms with E-state index in [2.05, 4.69) is 31.3 Å². The van der Waals surface area contributed by atoms with E-state index in [9.17, 15) is 9.59 Å². The number of benzene rings is 2. The van der Waals surface area contributed by atoms with Gasteiger partial charge in [0, 0.05) is 13.1 Å². The summed E-state index contributed by atoms with van der Waals surface area (Å²) in [5, 5.41) is 2.88. The summed E-state index contributed by atoms with van der Waals surface area (Å²) in [5.41, 5.74) is 5.54. The molecule has 28 heavy (non-hydrogen) atoms. The van der Waals surface area contributed by atoms with Crippen molar-refractivity contribution in [1.82, 2.24) is 10.2 Å². The Labute approximate surface area is 169 Å². The third kappa shape index (κ3) is 5.69. The predicted octanol–water partition coefficient (Wildman–Crippen LogP) is 4.10. The van der Waals surface area contributed by atoms with Gasteiger partial charge in [-0.3, -0.25) is 9.59 Å². The molecule has 0 aliphatic carbocycles. The molecule has 4 heteroatoms. The molecule has 0 bridgehead atoms. The van der Waals surface area contributed by atoms with Crippen molar-refractivity contribution in [3.8, 4) is 0 Å². The zero-order valence-corrected chi connectivity index (χ0v) is 17.7. The number of amides is 2. The number of rotatable bonds is 8. The minimum absolute atomic E-state index is 0.0251. The first-order valence-corrected chi connectivity index (χ1v) is 10.0. The van der Waals surface area contributed by atoms with Crippen molar-refractivity contribution >= 4 is 11.8 Å². The van der Waals surface area contributed by atoms with E-state index in [1.54, 1.807) is 4.90 Å². The maximum Gasteiger partial charge on any atom is 0.242 e. The summed E-state index contributed by atoms with van der Waals surface area (Å²) in [5.74, 6) is -0.117. The number of carbonyl (C=O) groups is 2. The fourth-order valence-electron chi connectivity index (χ4n) is 3.41. The summed E-state index contributed by atoms with van der Waals surface area (Å²) in [6, 6.07) is 13.7. The van der Waals surface area contributed by atoms with Crippen molar-refractivity contribution in [2.75, 3.05) is 6.54 Å². The Morgan fingerprint density at radius 2 is 1.71 bits per heavy atom. The van der Waals surface area contributed by atoms with Crippen LogP contribution in [0.4, 0.5) is 0 Å². The Hall–Kier alpha value is -2.62. The number of likely N-dealkylation sites (N-methyl/N-ethyl adjacent to an activating group) is 1. The van der Waals surface area contributed by atoms with Crippen LogP contribution in [0, 0.1) is 20.8 Å². The monoisotopic (exact) mass is 380 g/mol. The molecule has 0 heterocycles. The van der Waals surface area contributed by atoms with Gasteiger partial charge in [0.2, 0.25) is 11.8 Å². The zero-order valence-electron chi connectivity index (χ0n) is 17.7. The van der Waals surface area contributed by atoms with E-state index in [-0.39, 0.29) is 11.8 Å². The summed E-state index contributed by atoms with van der Waals surface area (Å²) in [6.45, 7) is 11.0. The van der Waals surface area contributed by atoms with Gasteiger partial charge in [-0.2, -0.15) is 0 Å². The molecule has 2 aromatic carbocycles. The van der Waals surface area contributed by atoms with Crippen LogP contribution in [0.1, 0.15) is 48.1 Å². The van der Waals surface area contributed by atoms with E-state index in [4.69, 9.17) is 0 Å². The second-order valence-electron chi connectivity index (χ2n) is 7.42. The van der Waals surface area contributed by atoms with Crippen LogP contribution < -0.4 is 5.32 Å². The van der Waals surface area contributed by atoms with Crippen LogP contribution in [0.5, 0.6) is 0 Å². The number of aryl methyl sites for hydroxylation is 3. The van der Waals surface area contributed by atoms with Gasteiger partial charge >= 0.3 is 0 Å². The van der Waals surface area contributed by atoms with E-state index >= 15 is 0 Å². The summed E-state index contributed by atoms with van der Waals surface area (Å²) >= 11 is 0. The maximum absolute atomic E-state index is 13.3. The largest absolute Gasteiger partial charge is 0.355 e. The zero-order chi connectivity index (χ0) is 20.7. The normalized spacial score (nSPS) is 11.8. The van der Waals surface area contributed by atoms with Gasteiger partial charge in [0.1, 0.15) is 6.04 Å². The molecular formula is C24H32N2O2. The minimum Gasteiger partial charge on any atom is -0.355 e. The Morgan fingerprint density at radius 1 is 0.964 bits per heavy atom.